The van der Waals surface area contributed by atoms with Crippen LogP contribution in [0.1, 0.15) is 29.9 Å². The third-order valence-corrected chi connectivity index (χ3v) is 3.34. The average Bonchev–Trinajstić information content (AvgIpc) is 2.75. The Hall–Kier alpha value is -1.13. The number of rotatable bonds is 4. The number of furan rings is 1. The summed E-state index contributed by atoms with van der Waals surface area (Å²) < 4.78 is 19.4. The van der Waals surface area contributed by atoms with Crippen molar-refractivity contribution < 1.29 is 8.81 Å². The van der Waals surface area contributed by atoms with E-state index in [0.29, 0.717) is 6.42 Å². The second-order valence-electron chi connectivity index (χ2n) is 4.24. The van der Waals surface area contributed by atoms with Crippen LogP contribution in [0, 0.1) is 5.82 Å². The Morgan fingerprint density at radius 3 is 2.83 bits per heavy atom. The lowest BCUT2D eigenvalue weighted by molar-refractivity contribution is 0.505. The zero-order chi connectivity index (χ0) is 13.1. The average molecular weight is 312 g/mol. The van der Waals surface area contributed by atoms with E-state index in [1.807, 2.05) is 19.1 Å². The largest absolute Gasteiger partial charge is 0.469 e. The quantitative estimate of drug-likeness (QED) is 0.927. The Balaban J connectivity index is 2.18. The second-order valence-corrected chi connectivity index (χ2v) is 5.16. The van der Waals surface area contributed by atoms with Gasteiger partial charge < -0.3 is 10.2 Å². The zero-order valence-corrected chi connectivity index (χ0v) is 11.7. The first-order valence-electron chi connectivity index (χ1n) is 5.87. The first-order valence-corrected chi connectivity index (χ1v) is 6.66. The summed E-state index contributed by atoms with van der Waals surface area (Å²) in [4.78, 5) is 0. The Labute approximate surface area is 114 Å². The molecule has 2 aromatic rings. The molecule has 2 rings (SSSR count). The number of benzene rings is 1. The van der Waals surface area contributed by atoms with E-state index in [2.05, 4.69) is 15.9 Å². The maximum absolute atomic E-state index is 13.3. The van der Waals surface area contributed by atoms with Gasteiger partial charge in [0.2, 0.25) is 0 Å². The van der Waals surface area contributed by atoms with Crippen LogP contribution in [0.15, 0.2) is 39.4 Å². The highest BCUT2D eigenvalue weighted by Crippen LogP contribution is 2.23. The molecule has 1 heterocycles. The molecule has 1 aromatic carbocycles. The van der Waals surface area contributed by atoms with Gasteiger partial charge in [-0.25, -0.2) is 4.39 Å². The predicted molar refractivity (Wildman–Crippen MR) is 72.8 cm³/mol. The molecule has 2 N–H and O–H groups in total. The van der Waals surface area contributed by atoms with Crippen molar-refractivity contribution in [1.82, 2.24) is 0 Å². The summed E-state index contributed by atoms with van der Waals surface area (Å²) in [6, 6.07) is 6.54. The maximum Gasteiger partial charge on any atom is 0.124 e. The van der Waals surface area contributed by atoms with E-state index in [0.717, 1.165) is 27.8 Å². The Morgan fingerprint density at radius 2 is 2.17 bits per heavy atom. The van der Waals surface area contributed by atoms with Crippen LogP contribution in [-0.2, 0) is 12.8 Å². The minimum Gasteiger partial charge on any atom is -0.469 e. The van der Waals surface area contributed by atoms with Crippen LogP contribution in [0.5, 0.6) is 0 Å². The van der Waals surface area contributed by atoms with E-state index >= 15 is 0 Å². The molecule has 0 saturated carbocycles. The van der Waals surface area contributed by atoms with Gasteiger partial charge in [0.25, 0.3) is 0 Å². The van der Waals surface area contributed by atoms with Gasteiger partial charge in [0.05, 0.1) is 6.26 Å². The van der Waals surface area contributed by atoms with Crippen LogP contribution in [0.25, 0.3) is 0 Å². The SMILES string of the molecule is CCc1occc1C(N)Cc1cc(F)cc(Br)c1. The summed E-state index contributed by atoms with van der Waals surface area (Å²) in [5.41, 5.74) is 8.02. The first-order chi connectivity index (χ1) is 8.60. The lowest BCUT2D eigenvalue weighted by atomic mass is 9.99. The normalized spacial score (nSPS) is 12.7. The van der Waals surface area contributed by atoms with Crippen LogP contribution in [0.4, 0.5) is 4.39 Å². The number of halogens is 2. The Bertz CT molecular complexity index is 518. The number of hydrogen-bond donors (Lipinski definition) is 1. The molecule has 0 fully saturated rings. The molecule has 0 aliphatic heterocycles. The molecular formula is C14H15BrFNO. The Morgan fingerprint density at radius 1 is 1.39 bits per heavy atom. The summed E-state index contributed by atoms with van der Waals surface area (Å²) in [6.07, 6.45) is 3.04. The molecule has 1 aromatic heterocycles. The summed E-state index contributed by atoms with van der Waals surface area (Å²) in [5, 5.41) is 0. The molecule has 1 atom stereocenters. The molecular weight excluding hydrogens is 297 g/mol. The van der Waals surface area contributed by atoms with Gasteiger partial charge in [0.15, 0.2) is 0 Å². The van der Waals surface area contributed by atoms with E-state index in [1.165, 1.54) is 12.1 Å². The van der Waals surface area contributed by atoms with Crippen LogP contribution in [0.2, 0.25) is 0 Å². The molecule has 0 saturated heterocycles. The molecule has 0 spiro atoms. The van der Waals surface area contributed by atoms with Crippen molar-refractivity contribution in [3.8, 4) is 0 Å². The highest BCUT2D eigenvalue weighted by atomic mass is 79.9. The fraction of sp³-hybridized carbons (Fsp3) is 0.286. The van der Waals surface area contributed by atoms with E-state index in [9.17, 15) is 4.39 Å². The zero-order valence-electron chi connectivity index (χ0n) is 10.1. The van der Waals surface area contributed by atoms with Gasteiger partial charge in [-0.05, 0) is 36.2 Å². The summed E-state index contributed by atoms with van der Waals surface area (Å²) in [5.74, 6) is 0.646. The van der Waals surface area contributed by atoms with E-state index in [1.54, 1.807) is 6.26 Å². The van der Waals surface area contributed by atoms with E-state index < -0.39 is 0 Å². The second kappa shape index (κ2) is 5.67. The maximum atomic E-state index is 13.3. The summed E-state index contributed by atoms with van der Waals surface area (Å²) in [7, 11) is 0. The van der Waals surface area contributed by atoms with Crippen LogP contribution in [0.3, 0.4) is 0 Å². The third kappa shape index (κ3) is 3.00. The first kappa shape index (κ1) is 13.3. The summed E-state index contributed by atoms with van der Waals surface area (Å²) in [6.45, 7) is 2.02. The standard InChI is InChI=1S/C14H15BrFNO/c1-2-14-12(3-4-18-14)13(17)7-9-5-10(15)8-11(16)6-9/h3-6,8,13H,2,7,17H2,1H3. The van der Waals surface area contributed by atoms with Gasteiger partial charge in [-0.1, -0.05) is 22.9 Å². The van der Waals surface area contributed by atoms with Crippen molar-refractivity contribution in [2.45, 2.75) is 25.8 Å². The molecule has 0 radical (unpaired) electrons. The lowest BCUT2D eigenvalue weighted by Gasteiger charge is -2.12. The highest BCUT2D eigenvalue weighted by molar-refractivity contribution is 9.10. The van der Waals surface area contributed by atoms with E-state index in [4.69, 9.17) is 10.2 Å². The molecule has 4 heteroatoms. The molecule has 0 amide bonds. The fourth-order valence-corrected chi connectivity index (χ4v) is 2.57. The third-order valence-electron chi connectivity index (χ3n) is 2.88. The summed E-state index contributed by atoms with van der Waals surface area (Å²) >= 11 is 3.28. The molecule has 0 aliphatic carbocycles. The van der Waals surface area contributed by atoms with Gasteiger partial charge in [0.1, 0.15) is 11.6 Å². The molecule has 0 aliphatic rings. The van der Waals surface area contributed by atoms with Crippen LogP contribution in [-0.4, -0.2) is 0 Å². The predicted octanol–water partition coefficient (Wildman–Crippen LogP) is 3.99. The van der Waals surface area contributed by atoms with Gasteiger partial charge in [-0.15, -0.1) is 0 Å². The van der Waals surface area contributed by atoms with Crippen molar-refractivity contribution in [1.29, 1.82) is 0 Å². The molecule has 1 unspecified atom stereocenters. The minimum absolute atomic E-state index is 0.174. The molecule has 96 valence electrons. The topological polar surface area (TPSA) is 39.2 Å². The lowest BCUT2D eigenvalue weighted by Crippen LogP contribution is -2.14. The number of aryl methyl sites for hydroxylation is 1. The van der Waals surface area contributed by atoms with Crippen molar-refractivity contribution in [2.75, 3.05) is 0 Å². The molecule has 18 heavy (non-hydrogen) atoms. The number of nitrogens with two attached hydrogens (primary N) is 1. The van der Waals surface area contributed by atoms with Gasteiger partial charge in [-0.2, -0.15) is 0 Å². The number of hydrogen-bond acceptors (Lipinski definition) is 2. The van der Waals surface area contributed by atoms with Crippen molar-refractivity contribution in [2.24, 2.45) is 5.73 Å². The van der Waals surface area contributed by atoms with Crippen molar-refractivity contribution in [3.05, 3.63) is 57.7 Å². The smallest absolute Gasteiger partial charge is 0.124 e. The van der Waals surface area contributed by atoms with Crippen LogP contribution >= 0.6 is 15.9 Å². The molecule has 0 bridgehead atoms. The van der Waals surface area contributed by atoms with Gasteiger partial charge in [-0.3, -0.25) is 0 Å². The van der Waals surface area contributed by atoms with Crippen molar-refractivity contribution >= 4 is 15.9 Å². The van der Waals surface area contributed by atoms with E-state index in [-0.39, 0.29) is 11.9 Å². The van der Waals surface area contributed by atoms with Gasteiger partial charge >= 0.3 is 0 Å². The van der Waals surface area contributed by atoms with Crippen LogP contribution < -0.4 is 5.73 Å². The highest BCUT2D eigenvalue weighted by Gasteiger charge is 2.14. The van der Waals surface area contributed by atoms with Crippen molar-refractivity contribution in [3.63, 3.8) is 0 Å². The fourth-order valence-electron chi connectivity index (χ4n) is 2.06. The monoisotopic (exact) mass is 311 g/mol. The van der Waals surface area contributed by atoms with Gasteiger partial charge in [0, 0.05) is 22.5 Å². The Kier molecular flexibility index (Phi) is 4.19. The minimum atomic E-state index is -0.255. The molecule has 2 nitrogen and oxygen atoms in total.